The first kappa shape index (κ1) is 13.0. The summed E-state index contributed by atoms with van der Waals surface area (Å²) in [5.74, 6) is 0.520. The van der Waals surface area contributed by atoms with Crippen LogP contribution in [0.25, 0.3) is 0 Å². The summed E-state index contributed by atoms with van der Waals surface area (Å²) in [7, 11) is 0. The van der Waals surface area contributed by atoms with Crippen LogP contribution in [0.15, 0.2) is 59.5 Å². The van der Waals surface area contributed by atoms with Crippen molar-refractivity contribution in [2.45, 2.75) is 17.7 Å². The number of hydrogen-bond acceptors (Lipinski definition) is 2. The fourth-order valence-electron chi connectivity index (χ4n) is 1.88. The van der Waals surface area contributed by atoms with E-state index in [0.29, 0.717) is 5.92 Å². The first-order chi connectivity index (χ1) is 8.79. The minimum atomic E-state index is 0.520. The molecule has 2 heteroatoms. The molecule has 1 nitrogen and oxygen atoms in total. The minimum absolute atomic E-state index is 0.520. The van der Waals surface area contributed by atoms with Gasteiger partial charge in [-0.25, -0.2) is 0 Å². The lowest BCUT2D eigenvalue weighted by Crippen LogP contribution is -2.09. The summed E-state index contributed by atoms with van der Waals surface area (Å²) in [4.78, 5) is 1.30. The largest absolute Gasteiger partial charge is 0.384 e. The van der Waals surface area contributed by atoms with Gasteiger partial charge < -0.3 is 5.32 Å². The fourth-order valence-corrected chi connectivity index (χ4v) is 2.29. The zero-order valence-electron chi connectivity index (χ0n) is 10.9. The van der Waals surface area contributed by atoms with E-state index in [4.69, 9.17) is 0 Å². The van der Waals surface area contributed by atoms with E-state index in [9.17, 15) is 0 Å². The summed E-state index contributed by atoms with van der Waals surface area (Å²) in [5.41, 5.74) is 2.57. The average Bonchev–Trinajstić information content (AvgIpc) is 2.46. The lowest BCUT2D eigenvalue weighted by molar-refractivity contribution is 0.805. The highest BCUT2D eigenvalue weighted by molar-refractivity contribution is 7.98. The molecular weight excluding hydrogens is 238 g/mol. The standard InChI is InChI=1S/C16H19NS/c1-13(14-6-4-3-5-7-14)12-17-15-8-10-16(18-2)11-9-15/h3-11,13,17H,12H2,1-2H3. The Morgan fingerprint density at radius 1 is 1.00 bits per heavy atom. The molecule has 0 saturated carbocycles. The maximum absolute atomic E-state index is 3.48. The second-order valence-electron chi connectivity index (χ2n) is 4.42. The van der Waals surface area contributed by atoms with Crippen molar-refractivity contribution >= 4 is 17.4 Å². The number of anilines is 1. The van der Waals surface area contributed by atoms with Crippen LogP contribution in [0, 0.1) is 0 Å². The third-order valence-corrected chi connectivity index (χ3v) is 3.81. The molecule has 0 heterocycles. The second kappa shape index (κ2) is 6.50. The third-order valence-electron chi connectivity index (χ3n) is 3.07. The van der Waals surface area contributed by atoms with E-state index in [1.54, 1.807) is 11.8 Å². The van der Waals surface area contributed by atoms with Gasteiger partial charge in [-0.05, 0) is 42.0 Å². The van der Waals surface area contributed by atoms with Crippen LogP contribution in [0.5, 0.6) is 0 Å². The molecule has 0 bridgehead atoms. The molecule has 1 unspecified atom stereocenters. The Hall–Kier alpha value is -1.41. The molecule has 2 rings (SSSR count). The van der Waals surface area contributed by atoms with Gasteiger partial charge in [-0.3, -0.25) is 0 Å². The molecule has 0 saturated heterocycles. The van der Waals surface area contributed by atoms with Gasteiger partial charge in [0.05, 0.1) is 0 Å². The first-order valence-corrected chi connectivity index (χ1v) is 7.45. The van der Waals surface area contributed by atoms with Crippen LogP contribution in [0.3, 0.4) is 0 Å². The van der Waals surface area contributed by atoms with E-state index >= 15 is 0 Å². The van der Waals surface area contributed by atoms with Gasteiger partial charge in [-0.1, -0.05) is 37.3 Å². The van der Waals surface area contributed by atoms with Crippen LogP contribution < -0.4 is 5.32 Å². The Morgan fingerprint density at radius 3 is 2.28 bits per heavy atom. The molecule has 2 aromatic rings. The van der Waals surface area contributed by atoms with Crippen LogP contribution in [0.2, 0.25) is 0 Å². The van der Waals surface area contributed by atoms with Crippen LogP contribution in [-0.2, 0) is 0 Å². The minimum Gasteiger partial charge on any atom is -0.384 e. The van der Waals surface area contributed by atoms with Crippen molar-refractivity contribution in [3.8, 4) is 0 Å². The molecule has 0 radical (unpaired) electrons. The molecule has 1 atom stereocenters. The summed E-state index contributed by atoms with van der Waals surface area (Å²) in [6.07, 6.45) is 2.10. The van der Waals surface area contributed by atoms with Crippen LogP contribution in [0.4, 0.5) is 5.69 Å². The summed E-state index contributed by atoms with van der Waals surface area (Å²) in [6.45, 7) is 3.21. The molecule has 0 aliphatic heterocycles. The van der Waals surface area contributed by atoms with Crippen molar-refractivity contribution in [3.63, 3.8) is 0 Å². The van der Waals surface area contributed by atoms with E-state index in [2.05, 4.69) is 73.1 Å². The second-order valence-corrected chi connectivity index (χ2v) is 5.30. The fraction of sp³-hybridized carbons (Fsp3) is 0.250. The van der Waals surface area contributed by atoms with Crippen molar-refractivity contribution < 1.29 is 0 Å². The zero-order valence-corrected chi connectivity index (χ0v) is 11.7. The highest BCUT2D eigenvalue weighted by atomic mass is 32.2. The van der Waals surface area contributed by atoms with E-state index in [1.165, 1.54) is 16.1 Å². The number of thioether (sulfide) groups is 1. The average molecular weight is 257 g/mol. The molecule has 0 aromatic heterocycles. The van der Waals surface area contributed by atoms with Crippen LogP contribution in [-0.4, -0.2) is 12.8 Å². The van der Waals surface area contributed by atoms with Crippen molar-refractivity contribution in [2.24, 2.45) is 0 Å². The summed E-state index contributed by atoms with van der Waals surface area (Å²) >= 11 is 1.77. The summed E-state index contributed by atoms with van der Waals surface area (Å²) in [5, 5.41) is 3.48. The summed E-state index contributed by atoms with van der Waals surface area (Å²) < 4.78 is 0. The molecule has 2 aromatic carbocycles. The topological polar surface area (TPSA) is 12.0 Å². The molecule has 0 fully saturated rings. The number of benzene rings is 2. The normalized spacial score (nSPS) is 12.1. The van der Waals surface area contributed by atoms with Crippen molar-refractivity contribution in [2.75, 3.05) is 18.1 Å². The predicted molar refractivity (Wildman–Crippen MR) is 81.6 cm³/mol. The van der Waals surface area contributed by atoms with Crippen LogP contribution >= 0.6 is 11.8 Å². The van der Waals surface area contributed by atoms with E-state index in [-0.39, 0.29) is 0 Å². The quantitative estimate of drug-likeness (QED) is 0.784. The number of hydrogen-bond donors (Lipinski definition) is 1. The lowest BCUT2D eigenvalue weighted by Gasteiger charge is -2.14. The van der Waals surface area contributed by atoms with E-state index in [0.717, 1.165) is 6.54 Å². The van der Waals surface area contributed by atoms with Gasteiger partial charge in [0, 0.05) is 17.1 Å². The van der Waals surface area contributed by atoms with Gasteiger partial charge in [0.2, 0.25) is 0 Å². The van der Waals surface area contributed by atoms with Gasteiger partial charge >= 0.3 is 0 Å². The predicted octanol–water partition coefficient (Wildman–Crippen LogP) is 4.62. The molecule has 18 heavy (non-hydrogen) atoms. The molecule has 0 spiro atoms. The van der Waals surface area contributed by atoms with Crippen LogP contribution in [0.1, 0.15) is 18.4 Å². The Kier molecular flexibility index (Phi) is 4.71. The lowest BCUT2D eigenvalue weighted by atomic mass is 10.0. The van der Waals surface area contributed by atoms with E-state index in [1.807, 2.05) is 0 Å². The zero-order chi connectivity index (χ0) is 12.8. The van der Waals surface area contributed by atoms with Gasteiger partial charge in [0.25, 0.3) is 0 Å². The number of nitrogens with one attached hydrogen (secondary N) is 1. The first-order valence-electron chi connectivity index (χ1n) is 6.22. The number of rotatable bonds is 5. The Bertz CT molecular complexity index is 464. The summed E-state index contributed by atoms with van der Waals surface area (Å²) in [6, 6.07) is 19.2. The Morgan fingerprint density at radius 2 is 1.67 bits per heavy atom. The Labute approximate surface area is 114 Å². The highest BCUT2D eigenvalue weighted by Gasteiger charge is 2.04. The molecule has 94 valence electrons. The molecule has 0 amide bonds. The smallest absolute Gasteiger partial charge is 0.0341 e. The molecular formula is C16H19NS. The maximum atomic E-state index is 3.48. The van der Waals surface area contributed by atoms with Crippen molar-refractivity contribution in [1.82, 2.24) is 0 Å². The maximum Gasteiger partial charge on any atom is 0.0341 e. The van der Waals surface area contributed by atoms with Crippen molar-refractivity contribution in [1.29, 1.82) is 0 Å². The highest BCUT2D eigenvalue weighted by Crippen LogP contribution is 2.19. The SMILES string of the molecule is CSc1ccc(NCC(C)c2ccccc2)cc1. The van der Waals surface area contributed by atoms with Gasteiger partial charge in [0.15, 0.2) is 0 Å². The molecule has 1 N–H and O–H groups in total. The van der Waals surface area contributed by atoms with Crippen molar-refractivity contribution in [3.05, 3.63) is 60.2 Å². The van der Waals surface area contributed by atoms with Gasteiger partial charge in [0.1, 0.15) is 0 Å². The van der Waals surface area contributed by atoms with E-state index < -0.39 is 0 Å². The third kappa shape index (κ3) is 3.54. The Balaban J connectivity index is 1.91. The monoisotopic (exact) mass is 257 g/mol. The molecule has 0 aliphatic rings. The van der Waals surface area contributed by atoms with Gasteiger partial charge in [-0.2, -0.15) is 0 Å². The van der Waals surface area contributed by atoms with Gasteiger partial charge in [-0.15, -0.1) is 11.8 Å². The molecule has 0 aliphatic carbocycles.